The molecule has 0 unspecified atom stereocenters. The summed E-state index contributed by atoms with van der Waals surface area (Å²) in [5.74, 6) is 1.43. The minimum Gasteiger partial charge on any atom is -0.228 e. The van der Waals surface area contributed by atoms with Crippen molar-refractivity contribution in [2.75, 3.05) is 0 Å². The molecule has 0 spiro atoms. The Balaban J connectivity index is 1.15. The van der Waals surface area contributed by atoms with E-state index in [-0.39, 0.29) is 0 Å². The molecule has 6 aromatic carbocycles. The average Bonchev–Trinajstić information content (AvgIpc) is 3.56. The van der Waals surface area contributed by atoms with Crippen molar-refractivity contribution in [3.8, 4) is 67.8 Å². The smallest absolute Gasteiger partial charge is 0.160 e. The van der Waals surface area contributed by atoms with E-state index in [1.165, 1.54) is 20.2 Å². The molecule has 0 atom stereocenters. The molecule has 230 valence electrons. The van der Waals surface area contributed by atoms with E-state index in [0.717, 1.165) is 56.2 Å². The SMILES string of the molecule is c1ccc(-c2cc(-c3ccc4c(c3)sc3ccc(-c5cc(-c6ccccc6)nc(-c6ccccc6)n5)cc34)nc(-c3ccccc3)n2)cc1. The number of hydrogen-bond donors (Lipinski definition) is 0. The Labute approximate surface area is 288 Å². The van der Waals surface area contributed by atoms with Gasteiger partial charge in [-0.15, -0.1) is 11.3 Å². The van der Waals surface area contributed by atoms with Gasteiger partial charge in [-0.05, 0) is 30.3 Å². The minimum absolute atomic E-state index is 0.714. The van der Waals surface area contributed by atoms with Gasteiger partial charge in [0, 0.05) is 53.6 Å². The van der Waals surface area contributed by atoms with Crippen molar-refractivity contribution in [2.45, 2.75) is 0 Å². The van der Waals surface area contributed by atoms with Gasteiger partial charge in [-0.3, -0.25) is 0 Å². The van der Waals surface area contributed by atoms with Crippen LogP contribution in [0.25, 0.3) is 88.0 Å². The maximum Gasteiger partial charge on any atom is 0.160 e. The number of benzene rings is 6. The van der Waals surface area contributed by atoms with Gasteiger partial charge in [-0.2, -0.15) is 0 Å². The van der Waals surface area contributed by atoms with E-state index >= 15 is 0 Å². The molecule has 0 amide bonds. The zero-order valence-electron chi connectivity index (χ0n) is 26.4. The molecule has 0 aliphatic rings. The third kappa shape index (κ3) is 5.67. The van der Waals surface area contributed by atoms with Crippen molar-refractivity contribution in [1.29, 1.82) is 0 Å². The highest BCUT2D eigenvalue weighted by Crippen LogP contribution is 2.39. The van der Waals surface area contributed by atoms with E-state index in [9.17, 15) is 0 Å². The van der Waals surface area contributed by atoms with Crippen LogP contribution >= 0.6 is 11.3 Å². The maximum absolute atomic E-state index is 5.07. The van der Waals surface area contributed by atoms with Crippen molar-refractivity contribution < 1.29 is 0 Å². The van der Waals surface area contributed by atoms with Gasteiger partial charge in [-0.25, -0.2) is 19.9 Å². The summed E-state index contributed by atoms with van der Waals surface area (Å²) in [5.41, 5.74) is 9.83. The number of nitrogens with zero attached hydrogens (tertiary/aromatic N) is 4. The van der Waals surface area contributed by atoms with Crippen molar-refractivity contribution in [3.05, 3.63) is 170 Å². The molecule has 4 nitrogen and oxygen atoms in total. The maximum atomic E-state index is 5.07. The first-order valence-corrected chi connectivity index (χ1v) is 17.0. The van der Waals surface area contributed by atoms with Crippen LogP contribution in [-0.4, -0.2) is 19.9 Å². The van der Waals surface area contributed by atoms with Crippen LogP contribution < -0.4 is 0 Å². The van der Waals surface area contributed by atoms with Crippen LogP contribution in [0.1, 0.15) is 0 Å². The molecule has 0 saturated carbocycles. The molecule has 3 aromatic heterocycles. The summed E-state index contributed by atoms with van der Waals surface area (Å²) >= 11 is 1.80. The molecule has 0 bridgehead atoms. The fourth-order valence-corrected chi connectivity index (χ4v) is 7.36. The lowest BCUT2D eigenvalue weighted by atomic mass is 10.0. The summed E-state index contributed by atoms with van der Waals surface area (Å²) in [7, 11) is 0. The van der Waals surface area contributed by atoms with E-state index in [0.29, 0.717) is 11.6 Å². The molecule has 0 radical (unpaired) electrons. The van der Waals surface area contributed by atoms with Crippen molar-refractivity contribution in [2.24, 2.45) is 0 Å². The molecule has 49 heavy (non-hydrogen) atoms. The fourth-order valence-electron chi connectivity index (χ4n) is 6.23. The summed E-state index contributed by atoms with van der Waals surface area (Å²) in [5, 5.41) is 2.43. The van der Waals surface area contributed by atoms with Crippen molar-refractivity contribution in [3.63, 3.8) is 0 Å². The second-order valence-electron chi connectivity index (χ2n) is 11.9. The van der Waals surface area contributed by atoms with Crippen LogP contribution in [-0.2, 0) is 0 Å². The Hall–Kier alpha value is -6.30. The van der Waals surface area contributed by atoms with Crippen LogP contribution in [0, 0.1) is 0 Å². The van der Waals surface area contributed by atoms with Crippen LogP contribution in [0.2, 0.25) is 0 Å². The quantitative estimate of drug-likeness (QED) is 0.181. The number of aromatic nitrogens is 4. The highest BCUT2D eigenvalue weighted by molar-refractivity contribution is 7.25. The van der Waals surface area contributed by atoms with Gasteiger partial charge in [-0.1, -0.05) is 140 Å². The largest absolute Gasteiger partial charge is 0.228 e. The molecule has 0 aliphatic heterocycles. The van der Waals surface area contributed by atoms with Crippen LogP contribution in [0.3, 0.4) is 0 Å². The highest BCUT2D eigenvalue weighted by atomic mass is 32.1. The molecule has 9 rings (SSSR count). The van der Waals surface area contributed by atoms with Crippen LogP contribution in [0.5, 0.6) is 0 Å². The van der Waals surface area contributed by atoms with E-state index in [4.69, 9.17) is 19.9 Å². The Bertz CT molecular complexity index is 2470. The van der Waals surface area contributed by atoms with Crippen LogP contribution in [0.4, 0.5) is 0 Å². The van der Waals surface area contributed by atoms with Gasteiger partial charge in [0.25, 0.3) is 0 Å². The zero-order valence-corrected chi connectivity index (χ0v) is 27.2. The second kappa shape index (κ2) is 12.4. The summed E-state index contributed by atoms with van der Waals surface area (Å²) in [6, 6.07) is 58.5. The van der Waals surface area contributed by atoms with Gasteiger partial charge in [0.2, 0.25) is 0 Å². The molecule has 0 aliphatic carbocycles. The Kier molecular flexibility index (Phi) is 7.30. The van der Waals surface area contributed by atoms with Crippen molar-refractivity contribution >= 4 is 31.5 Å². The van der Waals surface area contributed by atoms with E-state index < -0.39 is 0 Å². The number of hydrogen-bond acceptors (Lipinski definition) is 5. The predicted molar refractivity (Wildman–Crippen MR) is 203 cm³/mol. The summed E-state index contributed by atoms with van der Waals surface area (Å²) in [6.07, 6.45) is 0. The molecule has 9 aromatic rings. The third-order valence-corrected chi connectivity index (χ3v) is 9.85. The first-order chi connectivity index (χ1) is 24.2. The fraction of sp³-hybridized carbons (Fsp3) is 0. The minimum atomic E-state index is 0.714. The summed E-state index contributed by atoms with van der Waals surface area (Å²) in [4.78, 5) is 20.1. The molecular weight excluding hydrogens is 617 g/mol. The first kappa shape index (κ1) is 28.9. The molecular formula is C44H28N4S. The molecule has 0 saturated heterocycles. The van der Waals surface area contributed by atoms with Gasteiger partial charge in [0.15, 0.2) is 11.6 Å². The molecule has 3 heterocycles. The van der Waals surface area contributed by atoms with E-state index in [2.05, 4.69) is 97.1 Å². The topological polar surface area (TPSA) is 51.6 Å². The Morgan fingerprint density at radius 3 is 1.18 bits per heavy atom. The highest BCUT2D eigenvalue weighted by Gasteiger charge is 2.15. The van der Waals surface area contributed by atoms with Crippen LogP contribution in [0.15, 0.2) is 170 Å². The monoisotopic (exact) mass is 644 g/mol. The summed E-state index contributed by atoms with van der Waals surface area (Å²) < 4.78 is 2.44. The molecule has 0 N–H and O–H groups in total. The lowest BCUT2D eigenvalue weighted by Crippen LogP contribution is -1.95. The number of fused-ring (bicyclic) bond motifs is 3. The number of rotatable bonds is 6. The average molecular weight is 645 g/mol. The first-order valence-electron chi connectivity index (χ1n) is 16.2. The van der Waals surface area contributed by atoms with Gasteiger partial charge >= 0.3 is 0 Å². The van der Waals surface area contributed by atoms with Gasteiger partial charge in [0.05, 0.1) is 22.8 Å². The zero-order chi connectivity index (χ0) is 32.6. The lowest BCUT2D eigenvalue weighted by Gasteiger charge is -2.10. The second-order valence-corrected chi connectivity index (χ2v) is 13.0. The van der Waals surface area contributed by atoms with E-state index in [1.54, 1.807) is 11.3 Å². The van der Waals surface area contributed by atoms with Gasteiger partial charge < -0.3 is 0 Å². The third-order valence-electron chi connectivity index (χ3n) is 8.72. The predicted octanol–water partition coefficient (Wildman–Crippen LogP) is 11.6. The van der Waals surface area contributed by atoms with Gasteiger partial charge in [0.1, 0.15) is 0 Å². The Morgan fingerprint density at radius 1 is 0.286 bits per heavy atom. The van der Waals surface area contributed by atoms with Crippen molar-refractivity contribution in [1.82, 2.24) is 19.9 Å². The standard InChI is InChI=1S/C44H28N4S/c1-5-13-29(14-6-1)37-27-39(47-43(45-37)31-17-9-3-10-18-31)33-22-24-41-36(25-33)35-23-21-34(26-42(35)49-41)40-28-38(30-15-7-2-8-16-30)46-44(48-40)32-19-11-4-12-20-32/h1-28H. The van der Waals surface area contributed by atoms with E-state index in [1.807, 2.05) is 72.8 Å². The molecule has 5 heteroatoms. The Morgan fingerprint density at radius 2 is 0.694 bits per heavy atom. The normalized spacial score (nSPS) is 11.3. The molecule has 0 fully saturated rings. The number of thiophene rings is 1. The lowest BCUT2D eigenvalue weighted by molar-refractivity contribution is 1.18. The summed E-state index contributed by atoms with van der Waals surface area (Å²) in [6.45, 7) is 0.